The maximum Gasteiger partial charge on any atom is 0.253 e. The van der Waals surface area contributed by atoms with Crippen molar-refractivity contribution in [3.63, 3.8) is 0 Å². The standard InChI is InChI=1S/C18H19N5O/c1-23-17-16(21-22-23)10-13(11-19-17)18(24)20-15-9-5-8-14(15)12-6-3-2-4-7-12/h2-4,6-7,10-11,14-15H,5,8-9H2,1H3,(H,20,24)/t14-,15-/m1/s1. The second-order valence-corrected chi connectivity index (χ2v) is 6.31. The summed E-state index contributed by atoms with van der Waals surface area (Å²) in [7, 11) is 1.78. The molecule has 1 aliphatic rings. The average molecular weight is 321 g/mol. The topological polar surface area (TPSA) is 72.7 Å². The molecule has 0 radical (unpaired) electrons. The molecule has 1 aromatic carbocycles. The number of aromatic nitrogens is 4. The van der Waals surface area contributed by atoms with Crippen molar-refractivity contribution in [1.82, 2.24) is 25.3 Å². The van der Waals surface area contributed by atoms with Gasteiger partial charge in [0.1, 0.15) is 5.52 Å². The van der Waals surface area contributed by atoms with Crippen LogP contribution in [0.25, 0.3) is 11.2 Å². The van der Waals surface area contributed by atoms with E-state index in [0.29, 0.717) is 22.6 Å². The van der Waals surface area contributed by atoms with Crippen LogP contribution in [0.1, 0.15) is 41.1 Å². The Labute approximate surface area is 139 Å². The molecule has 1 aliphatic carbocycles. The monoisotopic (exact) mass is 321 g/mol. The molecule has 6 heteroatoms. The number of nitrogens with one attached hydrogen (secondary N) is 1. The van der Waals surface area contributed by atoms with E-state index in [2.05, 4.69) is 44.9 Å². The minimum atomic E-state index is -0.0946. The highest BCUT2D eigenvalue weighted by Crippen LogP contribution is 2.34. The van der Waals surface area contributed by atoms with E-state index < -0.39 is 0 Å². The van der Waals surface area contributed by atoms with Gasteiger partial charge in [-0.2, -0.15) is 0 Å². The van der Waals surface area contributed by atoms with Gasteiger partial charge >= 0.3 is 0 Å². The largest absolute Gasteiger partial charge is 0.349 e. The zero-order chi connectivity index (χ0) is 16.5. The molecule has 4 rings (SSSR count). The summed E-state index contributed by atoms with van der Waals surface area (Å²) in [6, 6.07) is 12.3. The first-order valence-electron chi connectivity index (χ1n) is 8.23. The SMILES string of the molecule is Cn1nnc2cc(C(=O)N[C@@H]3CCC[C@@H]3c3ccccc3)cnc21. The van der Waals surface area contributed by atoms with Crippen molar-refractivity contribution in [3.05, 3.63) is 53.7 Å². The van der Waals surface area contributed by atoms with Gasteiger partial charge in [0, 0.05) is 25.2 Å². The van der Waals surface area contributed by atoms with Gasteiger partial charge < -0.3 is 5.32 Å². The molecule has 1 amide bonds. The molecule has 2 aromatic heterocycles. The van der Waals surface area contributed by atoms with Gasteiger partial charge in [-0.15, -0.1) is 5.10 Å². The Balaban J connectivity index is 1.54. The van der Waals surface area contributed by atoms with Crippen LogP contribution in [0.15, 0.2) is 42.6 Å². The van der Waals surface area contributed by atoms with Crippen LogP contribution in [0.3, 0.4) is 0 Å². The number of rotatable bonds is 3. The van der Waals surface area contributed by atoms with Crippen LogP contribution in [-0.2, 0) is 7.05 Å². The Hall–Kier alpha value is -2.76. The quantitative estimate of drug-likeness (QED) is 0.804. The number of hydrogen-bond acceptors (Lipinski definition) is 4. The Morgan fingerprint density at radius 1 is 1.25 bits per heavy atom. The molecular formula is C18H19N5O. The zero-order valence-corrected chi connectivity index (χ0v) is 13.5. The van der Waals surface area contributed by atoms with E-state index in [1.807, 2.05) is 6.07 Å². The number of hydrogen-bond donors (Lipinski definition) is 1. The minimum absolute atomic E-state index is 0.0946. The van der Waals surface area contributed by atoms with Crippen molar-refractivity contribution in [2.24, 2.45) is 7.05 Å². The van der Waals surface area contributed by atoms with Gasteiger partial charge in [-0.3, -0.25) is 4.79 Å². The van der Waals surface area contributed by atoms with Gasteiger partial charge in [0.15, 0.2) is 5.65 Å². The van der Waals surface area contributed by atoms with Gasteiger partial charge in [0.2, 0.25) is 0 Å². The lowest BCUT2D eigenvalue weighted by atomic mass is 9.94. The Morgan fingerprint density at radius 3 is 2.92 bits per heavy atom. The summed E-state index contributed by atoms with van der Waals surface area (Å²) in [6.07, 6.45) is 4.84. The van der Waals surface area contributed by atoms with E-state index in [9.17, 15) is 4.79 Å². The number of fused-ring (bicyclic) bond motifs is 1. The van der Waals surface area contributed by atoms with Gasteiger partial charge in [0.05, 0.1) is 5.56 Å². The molecule has 122 valence electrons. The van der Waals surface area contributed by atoms with Crippen LogP contribution in [0.5, 0.6) is 0 Å². The third-order valence-corrected chi connectivity index (χ3v) is 4.76. The van der Waals surface area contributed by atoms with Gasteiger partial charge in [-0.1, -0.05) is 42.0 Å². The fourth-order valence-corrected chi connectivity index (χ4v) is 3.53. The fourth-order valence-electron chi connectivity index (χ4n) is 3.53. The number of carbonyl (C=O) groups is 1. The first-order valence-corrected chi connectivity index (χ1v) is 8.23. The van der Waals surface area contributed by atoms with Crippen LogP contribution < -0.4 is 5.32 Å². The average Bonchev–Trinajstić information content (AvgIpc) is 3.22. The lowest BCUT2D eigenvalue weighted by Crippen LogP contribution is -2.36. The van der Waals surface area contributed by atoms with E-state index in [0.717, 1.165) is 19.3 Å². The van der Waals surface area contributed by atoms with Gasteiger partial charge in [-0.25, -0.2) is 9.67 Å². The number of aryl methyl sites for hydroxylation is 1. The van der Waals surface area contributed by atoms with Crippen molar-refractivity contribution in [1.29, 1.82) is 0 Å². The van der Waals surface area contributed by atoms with E-state index >= 15 is 0 Å². The number of pyridine rings is 1. The molecule has 1 saturated carbocycles. The van der Waals surface area contributed by atoms with Crippen molar-refractivity contribution in [2.75, 3.05) is 0 Å². The fraction of sp³-hybridized carbons (Fsp3) is 0.333. The lowest BCUT2D eigenvalue weighted by molar-refractivity contribution is 0.0934. The Morgan fingerprint density at radius 2 is 2.08 bits per heavy atom. The predicted octanol–water partition coefficient (Wildman–Crippen LogP) is 2.43. The number of amides is 1. The molecular weight excluding hydrogens is 302 g/mol. The summed E-state index contributed by atoms with van der Waals surface area (Å²) in [5.41, 5.74) is 3.13. The van der Waals surface area contributed by atoms with Crippen LogP contribution in [-0.4, -0.2) is 31.9 Å². The van der Waals surface area contributed by atoms with Crippen molar-refractivity contribution >= 4 is 17.1 Å². The summed E-state index contributed by atoms with van der Waals surface area (Å²) < 4.78 is 1.60. The van der Waals surface area contributed by atoms with Gasteiger partial charge in [0.25, 0.3) is 5.91 Å². The number of nitrogens with zero attached hydrogens (tertiary/aromatic N) is 4. The lowest BCUT2D eigenvalue weighted by Gasteiger charge is -2.21. The summed E-state index contributed by atoms with van der Waals surface area (Å²) in [5, 5.41) is 11.1. The molecule has 0 unspecified atom stereocenters. The van der Waals surface area contributed by atoms with Crippen molar-refractivity contribution in [3.8, 4) is 0 Å². The molecule has 24 heavy (non-hydrogen) atoms. The van der Waals surface area contributed by atoms with Gasteiger partial charge in [-0.05, 0) is 24.5 Å². The van der Waals surface area contributed by atoms with Crippen LogP contribution in [0.4, 0.5) is 0 Å². The van der Waals surface area contributed by atoms with E-state index in [1.54, 1.807) is 24.0 Å². The van der Waals surface area contributed by atoms with Crippen LogP contribution >= 0.6 is 0 Å². The summed E-state index contributed by atoms with van der Waals surface area (Å²) >= 11 is 0. The molecule has 0 saturated heterocycles. The van der Waals surface area contributed by atoms with E-state index in [1.165, 1.54) is 5.56 Å². The number of benzene rings is 1. The maximum absolute atomic E-state index is 12.6. The molecule has 0 aliphatic heterocycles. The maximum atomic E-state index is 12.6. The molecule has 3 aromatic rings. The van der Waals surface area contributed by atoms with Crippen LogP contribution in [0.2, 0.25) is 0 Å². The summed E-state index contributed by atoms with van der Waals surface area (Å²) in [5.74, 6) is 0.284. The molecule has 0 bridgehead atoms. The highest BCUT2D eigenvalue weighted by molar-refractivity contribution is 5.96. The normalized spacial score (nSPS) is 20.4. The summed E-state index contributed by atoms with van der Waals surface area (Å²) in [4.78, 5) is 16.9. The molecule has 1 fully saturated rings. The molecule has 0 spiro atoms. The Kier molecular flexibility index (Phi) is 3.72. The first-order chi connectivity index (χ1) is 11.7. The highest BCUT2D eigenvalue weighted by Gasteiger charge is 2.30. The predicted molar refractivity (Wildman–Crippen MR) is 90.6 cm³/mol. The first kappa shape index (κ1) is 14.8. The second kappa shape index (κ2) is 6.03. The molecule has 2 heterocycles. The van der Waals surface area contributed by atoms with Crippen LogP contribution in [0, 0.1) is 0 Å². The third-order valence-electron chi connectivity index (χ3n) is 4.76. The molecule has 2 atom stereocenters. The Bertz CT molecular complexity index is 874. The van der Waals surface area contributed by atoms with E-state index in [-0.39, 0.29) is 11.9 Å². The van der Waals surface area contributed by atoms with E-state index in [4.69, 9.17) is 0 Å². The minimum Gasteiger partial charge on any atom is -0.349 e. The second-order valence-electron chi connectivity index (χ2n) is 6.31. The zero-order valence-electron chi connectivity index (χ0n) is 13.5. The van der Waals surface area contributed by atoms with Crippen molar-refractivity contribution < 1.29 is 4.79 Å². The summed E-state index contributed by atoms with van der Waals surface area (Å²) in [6.45, 7) is 0. The molecule has 6 nitrogen and oxygen atoms in total. The van der Waals surface area contributed by atoms with Crippen molar-refractivity contribution in [2.45, 2.75) is 31.2 Å². The number of carbonyl (C=O) groups excluding carboxylic acids is 1. The third kappa shape index (κ3) is 2.64. The smallest absolute Gasteiger partial charge is 0.253 e. The molecule has 1 N–H and O–H groups in total. The highest BCUT2D eigenvalue weighted by atomic mass is 16.1.